The van der Waals surface area contributed by atoms with Crippen LogP contribution in [0.3, 0.4) is 0 Å². The Bertz CT molecular complexity index is 866. The predicted molar refractivity (Wildman–Crippen MR) is 99.2 cm³/mol. The molecule has 0 atom stereocenters. The van der Waals surface area contributed by atoms with Gasteiger partial charge in [-0.05, 0) is 37.6 Å². The zero-order valence-electron chi connectivity index (χ0n) is 13.7. The van der Waals surface area contributed by atoms with Crippen molar-refractivity contribution >= 4 is 33.4 Å². The topological polar surface area (TPSA) is 71.3 Å². The molecular formula is C18H20N2O3S. The second-order valence-electron chi connectivity index (χ2n) is 5.29. The molecule has 0 aliphatic heterocycles. The number of hydrogen-bond donors (Lipinski definition) is 2. The minimum Gasteiger partial charge on any atom is -0.465 e. The van der Waals surface area contributed by atoms with Crippen LogP contribution in [0.5, 0.6) is 0 Å². The number of fused-ring (bicyclic) bond motifs is 1. The lowest BCUT2D eigenvalue weighted by Gasteiger charge is -1.99. The van der Waals surface area contributed by atoms with Gasteiger partial charge in [-0.2, -0.15) is 0 Å². The first-order valence-electron chi connectivity index (χ1n) is 7.66. The fourth-order valence-electron chi connectivity index (χ4n) is 2.13. The van der Waals surface area contributed by atoms with Crippen molar-refractivity contribution in [2.24, 2.45) is 0 Å². The zero-order chi connectivity index (χ0) is 17.5. The number of anilines is 1. The van der Waals surface area contributed by atoms with Gasteiger partial charge in [0.25, 0.3) is 5.56 Å². The lowest BCUT2D eigenvalue weighted by atomic mass is 10.2. The third-order valence-corrected chi connectivity index (χ3v) is 4.40. The summed E-state index contributed by atoms with van der Waals surface area (Å²) in [6.45, 7) is 4.86. The maximum atomic E-state index is 11.7. The van der Waals surface area contributed by atoms with E-state index >= 15 is 0 Å². The first-order valence-corrected chi connectivity index (χ1v) is 8.44. The molecule has 1 aromatic heterocycles. The normalized spacial score (nSPS) is 10.1. The largest absolute Gasteiger partial charge is 0.465 e. The number of rotatable bonds is 3. The van der Waals surface area contributed by atoms with Gasteiger partial charge in [0.2, 0.25) is 0 Å². The molecule has 0 saturated carbocycles. The molecule has 0 unspecified atom stereocenters. The fourth-order valence-corrected chi connectivity index (χ4v) is 3.21. The number of nitrogens with zero attached hydrogens (tertiary/aromatic N) is 1. The second-order valence-corrected chi connectivity index (χ2v) is 6.35. The molecule has 0 radical (unpaired) electrons. The highest BCUT2D eigenvalue weighted by molar-refractivity contribution is 7.13. The summed E-state index contributed by atoms with van der Waals surface area (Å²) in [6.07, 6.45) is -0.0268. The summed E-state index contributed by atoms with van der Waals surface area (Å²) >= 11 is 1.55. The van der Waals surface area contributed by atoms with Crippen molar-refractivity contribution < 1.29 is 9.90 Å². The quantitative estimate of drug-likeness (QED) is 0.732. The van der Waals surface area contributed by atoms with Gasteiger partial charge in [0.05, 0.1) is 10.1 Å². The molecule has 0 aliphatic rings. The van der Waals surface area contributed by atoms with Crippen molar-refractivity contribution in [1.29, 1.82) is 0 Å². The molecule has 2 aromatic carbocycles. The summed E-state index contributed by atoms with van der Waals surface area (Å²) in [7, 11) is 0. The van der Waals surface area contributed by atoms with E-state index in [0.717, 1.165) is 28.6 Å². The van der Waals surface area contributed by atoms with Gasteiger partial charge >= 0.3 is 6.09 Å². The van der Waals surface area contributed by atoms with E-state index in [4.69, 9.17) is 5.11 Å². The van der Waals surface area contributed by atoms with Crippen LogP contribution >= 0.6 is 11.5 Å². The highest BCUT2D eigenvalue weighted by Crippen LogP contribution is 2.15. The Morgan fingerprint density at radius 2 is 1.83 bits per heavy atom. The molecule has 2 N–H and O–H groups in total. The number of hydrogen-bond acceptors (Lipinski definition) is 3. The third kappa shape index (κ3) is 4.70. The molecule has 3 rings (SSSR count). The van der Waals surface area contributed by atoms with Crippen molar-refractivity contribution in [2.75, 3.05) is 5.32 Å². The third-order valence-electron chi connectivity index (χ3n) is 3.28. The van der Waals surface area contributed by atoms with Crippen LogP contribution in [0.2, 0.25) is 0 Å². The Balaban J connectivity index is 0.000000177. The lowest BCUT2D eigenvalue weighted by Crippen LogP contribution is -2.12. The average Bonchev–Trinajstić information content (AvgIpc) is 2.87. The van der Waals surface area contributed by atoms with Gasteiger partial charge in [0, 0.05) is 12.2 Å². The first-order chi connectivity index (χ1) is 11.5. The molecule has 5 nitrogen and oxygen atoms in total. The lowest BCUT2D eigenvalue weighted by molar-refractivity contribution is 0.210. The molecule has 1 heterocycles. The maximum Gasteiger partial charge on any atom is 0.409 e. The van der Waals surface area contributed by atoms with E-state index in [1.54, 1.807) is 23.7 Å². The van der Waals surface area contributed by atoms with Gasteiger partial charge in [-0.3, -0.25) is 14.1 Å². The summed E-state index contributed by atoms with van der Waals surface area (Å²) < 4.78 is 2.91. The van der Waals surface area contributed by atoms with Crippen LogP contribution < -0.4 is 10.9 Å². The number of carboxylic acid groups (broad SMARTS) is 1. The van der Waals surface area contributed by atoms with Crippen LogP contribution in [0.4, 0.5) is 10.5 Å². The fraction of sp³-hybridized carbons (Fsp3) is 0.222. The monoisotopic (exact) mass is 344 g/mol. The van der Waals surface area contributed by atoms with Gasteiger partial charge in [0.15, 0.2) is 0 Å². The summed E-state index contributed by atoms with van der Waals surface area (Å²) in [5.74, 6) is 0. The Labute approximate surface area is 144 Å². The molecule has 0 bridgehead atoms. The van der Waals surface area contributed by atoms with Crippen LogP contribution in [0.15, 0.2) is 53.3 Å². The standard InChI is InChI=1S/C10H11NOS.C8H9NO2/c1-2-7-11-10(12)8-5-3-4-6-9(8)13-11;1-6-2-4-7(5-3-6)9-8(10)11/h3-6H,2,7H2,1H3;2-5,9H,1H3,(H,10,11). The Morgan fingerprint density at radius 1 is 1.17 bits per heavy atom. The second kappa shape index (κ2) is 8.31. The molecular weight excluding hydrogens is 324 g/mol. The predicted octanol–water partition coefficient (Wildman–Crippen LogP) is 4.56. The van der Waals surface area contributed by atoms with Gasteiger partial charge in [-0.1, -0.05) is 48.3 Å². The van der Waals surface area contributed by atoms with Crippen LogP contribution in [0, 0.1) is 6.92 Å². The van der Waals surface area contributed by atoms with Crippen molar-refractivity contribution in [2.45, 2.75) is 26.8 Å². The van der Waals surface area contributed by atoms with E-state index in [-0.39, 0.29) is 5.56 Å². The molecule has 3 aromatic rings. The van der Waals surface area contributed by atoms with E-state index in [9.17, 15) is 9.59 Å². The Kier molecular flexibility index (Phi) is 6.14. The van der Waals surface area contributed by atoms with E-state index in [1.807, 2.05) is 47.3 Å². The highest BCUT2D eigenvalue weighted by atomic mass is 32.1. The number of aryl methyl sites for hydroxylation is 2. The van der Waals surface area contributed by atoms with E-state index in [2.05, 4.69) is 12.2 Å². The Hall–Kier alpha value is -2.60. The van der Waals surface area contributed by atoms with Crippen molar-refractivity contribution in [3.05, 3.63) is 64.4 Å². The zero-order valence-corrected chi connectivity index (χ0v) is 14.5. The van der Waals surface area contributed by atoms with Gasteiger partial charge in [-0.15, -0.1) is 0 Å². The van der Waals surface area contributed by atoms with E-state index in [1.165, 1.54) is 0 Å². The van der Waals surface area contributed by atoms with Crippen LogP contribution in [0.25, 0.3) is 10.1 Å². The SMILES string of the molecule is CCCn1sc2ccccc2c1=O.Cc1ccc(NC(=O)O)cc1. The van der Waals surface area contributed by atoms with Crippen molar-refractivity contribution in [3.8, 4) is 0 Å². The number of benzene rings is 2. The Morgan fingerprint density at radius 3 is 2.42 bits per heavy atom. The highest BCUT2D eigenvalue weighted by Gasteiger charge is 2.04. The van der Waals surface area contributed by atoms with Crippen LogP contribution in [0.1, 0.15) is 18.9 Å². The average molecular weight is 344 g/mol. The molecule has 24 heavy (non-hydrogen) atoms. The number of nitrogens with one attached hydrogen (secondary N) is 1. The molecule has 0 aliphatic carbocycles. The molecule has 0 saturated heterocycles. The molecule has 126 valence electrons. The summed E-state index contributed by atoms with van der Waals surface area (Å²) in [6, 6.07) is 14.9. The smallest absolute Gasteiger partial charge is 0.409 e. The summed E-state index contributed by atoms with van der Waals surface area (Å²) in [5.41, 5.74) is 1.87. The van der Waals surface area contributed by atoms with Crippen molar-refractivity contribution in [3.63, 3.8) is 0 Å². The molecule has 6 heteroatoms. The number of carbonyl (C=O) groups is 1. The molecule has 1 amide bonds. The summed E-state index contributed by atoms with van der Waals surface area (Å²) in [5, 5.41) is 11.4. The van der Waals surface area contributed by atoms with Gasteiger partial charge in [0.1, 0.15) is 0 Å². The van der Waals surface area contributed by atoms with Gasteiger partial charge < -0.3 is 5.11 Å². The van der Waals surface area contributed by atoms with Gasteiger partial charge in [-0.25, -0.2) is 4.79 Å². The van der Waals surface area contributed by atoms with Crippen LogP contribution in [-0.4, -0.2) is 15.2 Å². The number of amides is 1. The minimum atomic E-state index is -1.03. The van der Waals surface area contributed by atoms with E-state index < -0.39 is 6.09 Å². The van der Waals surface area contributed by atoms with Crippen molar-refractivity contribution in [1.82, 2.24) is 3.96 Å². The summed E-state index contributed by atoms with van der Waals surface area (Å²) in [4.78, 5) is 21.8. The van der Waals surface area contributed by atoms with E-state index in [0.29, 0.717) is 5.69 Å². The molecule has 0 fully saturated rings. The first kappa shape index (κ1) is 17.7. The van der Waals surface area contributed by atoms with Crippen LogP contribution in [-0.2, 0) is 6.54 Å². The maximum absolute atomic E-state index is 11.7. The number of aromatic nitrogens is 1. The minimum absolute atomic E-state index is 0.155. The molecule has 0 spiro atoms.